The molecule has 0 heterocycles. The Hall–Kier alpha value is -1.84. The van der Waals surface area contributed by atoms with E-state index in [-0.39, 0.29) is 6.42 Å². The lowest BCUT2D eigenvalue weighted by atomic mass is 10.1. The monoisotopic (exact) mass is 264 g/mol. The molecule has 0 aliphatic heterocycles. The Morgan fingerprint density at radius 3 is 2.32 bits per heavy atom. The molecule has 0 saturated carbocycles. The summed E-state index contributed by atoms with van der Waals surface area (Å²) in [6.07, 6.45) is 5.51. The number of hydrogen-bond donors (Lipinski definition) is 0. The molecule has 0 aromatic heterocycles. The zero-order valence-electron chi connectivity index (χ0n) is 11.3. The molecule has 0 radical (unpaired) electrons. The summed E-state index contributed by atoms with van der Waals surface area (Å²) < 4.78 is 0. The molecule has 1 aromatic carbocycles. The molecule has 4 nitrogen and oxygen atoms in total. The van der Waals surface area contributed by atoms with E-state index in [1.54, 1.807) is 30.3 Å². The Morgan fingerprint density at radius 1 is 0.947 bits per heavy atom. The van der Waals surface area contributed by atoms with Crippen molar-refractivity contribution in [1.82, 2.24) is 0 Å². The lowest BCUT2D eigenvalue weighted by Gasteiger charge is -2.03. The Kier molecular flexibility index (Phi) is 7.32. The van der Waals surface area contributed by atoms with E-state index in [2.05, 4.69) is 16.7 Å². The molecule has 1 aromatic rings. The molecule has 0 N–H and O–H groups in total. The van der Waals surface area contributed by atoms with Gasteiger partial charge in [0.15, 0.2) is 0 Å². The highest BCUT2D eigenvalue weighted by Crippen LogP contribution is 2.07. The van der Waals surface area contributed by atoms with Gasteiger partial charge >= 0.3 is 11.9 Å². The van der Waals surface area contributed by atoms with Crippen LogP contribution >= 0.6 is 0 Å². The molecule has 0 spiro atoms. The van der Waals surface area contributed by atoms with E-state index in [1.165, 1.54) is 12.8 Å². The van der Waals surface area contributed by atoms with E-state index < -0.39 is 11.9 Å². The van der Waals surface area contributed by atoms with Gasteiger partial charge in [-0.15, -0.1) is 0 Å². The summed E-state index contributed by atoms with van der Waals surface area (Å²) in [6.45, 7) is 2.14. The largest absolute Gasteiger partial charge is 0.386 e. The second kappa shape index (κ2) is 9.14. The maximum Gasteiger partial charge on any atom is 0.386 e. The van der Waals surface area contributed by atoms with Crippen molar-refractivity contribution >= 4 is 11.9 Å². The van der Waals surface area contributed by atoms with Crippen molar-refractivity contribution in [3.05, 3.63) is 35.9 Å². The van der Waals surface area contributed by atoms with Gasteiger partial charge in [0, 0.05) is 0 Å². The molecule has 0 saturated heterocycles. The second-order valence-corrected chi connectivity index (χ2v) is 4.36. The molecule has 0 atom stereocenters. The minimum atomic E-state index is -0.653. The third-order valence-electron chi connectivity index (χ3n) is 2.70. The van der Waals surface area contributed by atoms with Crippen molar-refractivity contribution in [2.24, 2.45) is 0 Å². The Balaban J connectivity index is 2.15. The number of unbranched alkanes of at least 4 members (excludes halogenated alkanes) is 4. The van der Waals surface area contributed by atoms with Crippen molar-refractivity contribution in [3.8, 4) is 0 Å². The predicted octanol–water partition coefficient (Wildman–Crippen LogP) is 3.66. The van der Waals surface area contributed by atoms with Crippen LogP contribution in [0.4, 0.5) is 0 Å². The van der Waals surface area contributed by atoms with Crippen molar-refractivity contribution in [1.29, 1.82) is 0 Å². The average molecular weight is 264 g/mol. The van der Waals surface area contributed by atoms with Gasteiger partial charge in [-0.2, -0.15) is 0 Å². The summed E-state index contributed by atoms with van der Waals surface area (Å²) in [5.74, 6) is -1.15. The fourth-order valence-electron chi connectivity index (χ4n) is 1.62. The minimum absolute atomic E-state index is 0.284. The summed E-state index contributed by atoms with van der Waals surface area (Å²) in [7, 11) is 0. The molecule has 0 amide bonds. The summed E-state index contributed by atoms with van der Waals surface area (Å²) in [5, 5.41) is 0. The molecule has 0 aliphatic rings. The lowest BCUT2D eigenvalue weighted by molar-refractivity contribution is -0.234. The third kappa shape index (κ3) is 6.60. The normalized spacial score (nSPS) is 9.95. The SMILES string of the molecule is CCCCCCCC(=O)OOC(=O)c1ccccc1. The quantitative estimate of drug-likeness (QED) is 0.428. The van der Waals surface area contributed by atoms with Gasteiger partial charge in [-0.3, -0.25) is 0 Å². The summed E-state index contributed by atoms with van der Waals surface area (Å²) in [5.41, 5.74) is 0.359. The van der Waals surface area contributed by atoms with E-state index in [0.717, 1.165) is 19.3 Å². The van der Waals surface area contributed by atoms with Gasteiger partial charge in [-0.05, 0) is 18.6 Å². The first-order valence-electron chi connectivity index (χ1n) is 6.70. The summed E-state index contributed by atoms with van der Waals surface area (Å²) >= 11 is 0. The van der Waals surface area contributed by atoms with Crippen molar-refractivity contribution < 1.29 is 19.4 Å². The Morgan fingerprint density at radius 2 is 1.63 bits per heavy atom. The van der Waals surface area contributed by atoms with E-state index >= 15 is 0 Å². The average Bonchev–Trinajstić information content (AvgIpc) is 2.45. The Labute approximate surface area is 113 Å². The Bertz CT molecular complexity index is 386. The first kappa shape index (κ1) is 15.2. The van der Waals surface area contributed by atoms with E-state index in [9.17, 15) is 9.59 Å². The minimum Gasteiger partial charge on any atom is -0.247 e. The molecule has 4 heteroatoms. The van der Waals surface area contributed by atoms with Gasteiger partial charge in [0.1, 0.15) is 0 Å². The van der Waals surface area contributed by atoms with E-state index in [0.29, 0.717) is 5.56 Å². The third-order valence-corrected chi connectivity index (χ3v) is 2.70. The zero-order valence-corrected chi connectivity index (χ0v) is 11.3. The number of rotatable bonds is 7. The van der Waals surface area contributed by atoms with E-state index in [1.807, 2.05) is 0 Å². The van der Waals surface area contributed by atoms with Gasteiger partial charge in [-0.1, -0.05) is 50.8 Å². The molecule has 0 aliphatic carbocycles. The molecule has 1 rings (SSSR count). The molecular formula is C15H20O4. The molecule has 104 valence electrons. The van der Waals surface area contributed by atoms with Gasteiger partial charge in [-0.25, -0.2) is 19.4 Å². The highest BCUT2D eigenvalue weighted by Gasteiger charge is 2.11. The van der Waals surface area contributed by atoms with Crippen LogP contribution in [-0.2, 0) is 14.6 Å². The van der Waals surface area contributed by atoms with E-state index in [4.69, 9.17) is 0 Å². The predicted molar refractivity (Wildman–Crippen MR) is 71.3 cm³/mol. The van der Waals surface area contributed by atoms with Gasteiger partial charge in [0.2, 0.25) is 0 Å². The van der Waals surface area contributed by atoms with Crippen molar-refractivity contribution in [2.75, 3.05) is 0 Å². The van der Waals surface area contributed by atoms with Crippen LogP contribution in [0, 0.1) is 0 Å². The number of hydrogen-bond acceptors (Lipinski definition) is 4. The van der Waals surface area contributed by atoms with Gasteiger partial charge < -0.3 is 0 Å². The van der Waals surface area contributed by atoms with Crippen LogP contribution in [0.3, 0.4) is 0 Å². The first-order valence-corrected chi connectivity index (χ1v) is 6.70. The van der Waals surface area contributed by atoms with Gasteiger partial charge in [0.05, 0.1) is 12.0 Å². The number of carbonyl (C=O) groups is 2. The highest BCUT2D eigenvalue weighted by molar-refractivity contribution is 5.89. The van der Waals surface area contributed by atoms with Crippen LogP contribution in [0.5, 0.6) is 0 Å². The zero-order chi connectivity index (χ0) is 13.9. The van der Waals surface area contributed by atoms with Crippen molar-refractivity contribution in [3.63, 3.8) is 0 Å². The molecule has 0 unspecified atom stereocenters. The number of carbonyl (C=O) groups excluding carboxylic acids is 2. The van der Waals surface area contributed by atoms with Crippen LogP contribution in [0.25, 0.3) is 0 Å². The van der Waals surface area contributed by atoms with Crippen molar-refractivity contribution in [2.45, 2.75) is 45.4 Å². The molecule has 0 fully saturated rings. The summed E-state index contributed by atoms with van der Waals surface area (Å²) in [4.78, 5) is 31.7. The first-order chi connectivity index (χ1) is 9.24. The van der Waals surface area contributed by atoms with Crippen LogP contribution in [0.2, 0.25) is 0 Å². The van der Waals surface area contributed by atoms with Crippen LogP contribution in [0.15, 0.2) is 30.3 Å². The smallest absolute Gasteiger partial charge is 0.247 e. The highest BCUT2D eigenvalue weighted by atomic mass is 17.2. The maximum absolute atomic E-state index is 11.5. The fourth-order valence-corrected chi connectivity index (χ4v) is 1.62. The summed E-state index contributed by atoms with van der Waals surface area (Å²) in [6, 6.07) is 8.42. The van der Waals surface area contributed by atoms with Crippen LogP contribution in [0.1, 0.15) is 55.8 Å². The second-order valence-electron chi connectivity index (χ2n) is 4.36. The molecule has 19 heavy (non-hydrogen) atoms. The fraction of sp³-hybridized carbons (Fsp3) is 0.467. The molecule has 0 bridgehead atoms. The maximum atomic E-state index is 11.5. The van der Waals surface area contributed by atoms with Crippen LogP contribution in [-0.4, -0.2) is 11.9 Å². The topological polar surface area (TPSA) is 52.6 Å². The standard InChI is InChI=1S/C15H20O4/c1-2-3-4-5-9-12-14(16)18-19-15(17)13-10-7-6-8-11-13/h6-8,10-11H,2-5,9,12H2,1H3. The lowest BCUT2D eigenvalue weighted by Crippen LogP contribution is -2.11. The van der Waals surface area contributed by atoms with Gasteiger partial charge in [0.25, 0.3) is 0 Å². The molecular weight excluding hydrogens is 244 g/mol. The number of benzene rings is 1. The van der Waals surface area contributed by atoms with Crippen LogP contribution < -0.4 is 0 Å².